The van der Waals surface area contributed by atoms with Crippen LogP contribution in [0.25, 0.3) is 0 Å². The topological polar surface area (TPSA) is 72.9 Å². The molecule has 0 aromatic heterocycles. The number of carbonyl (C=O) groups excluding carboxylic acids is 1. The standard InChI is InChI=1S/C30H33F8NO5S/c1-24(2)43-16-25(3,17-44-24)23(40)39-14-13-27(45(41,42)21-8-6-20(31)7-9-21)22(39)10-5-18-15-19(11-12-26(18,27)4)28(32,29(33,34)35)30(36,37)38/h6-9,11,15,22H,5,10,12-14,16-17H2,1-4H3/t22-,26?,27+/m1/s1. The normalized spacial score (nSPS) is 30.2. The Morgan fingerprint density at radius 3 is 2.02 bits per heavy atom. The molecular weight excluding hydrogens is 638 g/mol. The number of halogens is 8. The van der Waals surface area contributed by atoms with Gasteiger partial charge in [-0.05, 0) is 70.7 Å². The Labute approximate surface area is 255 Å². The minimum Gasteiger partial charge on any atom is -0.349 e. The van der Waals surface area contributed by atoms with Crippen LogP contribution >= 0.6 is 0 Å². The molecule has 0 bridgehead atoms. The molecule has 1 aromatic carbocycles. The average Bonchev–Trinajstić information content (AvgIpc) is 3.35. The predicted molar refractivity (Wildman–Crippen MR) is 145 cm³/mol. The molecule has 0 spiro atoms. The number of hydrogen-bond acceptors (Lipinski definition) is 5. The summed E-state index contributed by atoms with van der Waals surface area (Å²) >= 11 is 0. The summed E-state index contributed by atoms with van der Waals surface area (Å²) in [6, 6.07) is 2.81. The minimum atomic E-state index is -6.35. The van der Waals surface area contributed by atoms with Crippen molar-refractivity contribution in [3.05, 3.63) is 53.4 Å². The van der Waals surface area contributed by atoms with Gasteiger partial charge in [0.15, 0.2) is 15.6 Å². The van der Waals surface area contributed by atoms with Gasteiger partial charge in [-0.15, -0.1) is 0 Å². The third-order valence-electron chi connectivity index (χ3n) is 10.1. The average molecular weight is 672 g/mol. The van der Waals surface area contributed by atoms with Gasteiger partial charge in [-0.2, -0.15) is 26.3 Å². The third kappa shape index (κ3) is 4.77. The lowest BCUT2D eigenvalue weighted by Crippen LogP contribution is -2.65. The number of rotatable bonds is 4. The number of hydrogen-bond donors (Lipinski definition) is 0. The van der Waals surface area contributed by atoms with E-state index in [2.05, 4.69) is 0 Å². The minimum absolute atomic E-state index is 0.0538. The van der Waals surface area contributed by atoms with E-state index in [0.717, 1.165) is 24.3 Å². The Bertz CT molecular complexity index is 1520. The third-order valence-corrected chi connectivity index (χ3v) is 12.8. The van der Waals surface area contributed by atoms with E-state index in [9.17, 15) is 43.9 Å². The predicted octanol–water partition coefficient (Wildman–Crippen LogP) is 6.62. The van der Waals surface area contributed by atoms with Crippen molar-refractivity contribution < 1.29 is 57.8 Å². The summed E-state index contributed by atoms with van der Waals surface area (Å²) in [4.78, 5) is 15.2. The lowest BCUT2D eigenvalue weighted by molar-refractivity contribution is -0.325. The molecule has 2 heterocycles. The fourth-order valence-electron chi connectivity index (χ4n) is 7.45. The molecule has 3 fully saturated rings. The van der Waals surface area contributed by atoms with Crippen molar-refractivity contribution in [3.8, 4) is 0 Å². The van der Waals surface area contributed by atoms with Crippen molar-refractivity contribution in [3.63, 3.8) is 0 Å². The molecule has 1 amide bonds. The number of nitrogens with zero attached hydrogens (tertiary/aromatic N) is 1. The van der Waals surface area contributed by atoms with Gasteiger partial charge in [0.1, 0.15) is 10.6 Å². The van der Waals surface area contributed by atoms with Crippen LogP contribution in [0, 0.1) is 16.6 Å². The molecule has 5 rings (SSSR count). The Hall–Kier alpha value is -2.52. The molecule has 1 aromatic rings. The summed E-state index contributed by atoms with van der Waals surface area (Å²) in [6.45, 7) is 6.12. The van der Waals surface area contributed by atoms with E-state index in [0.29, 0.717) is 12.2 Å². The number of allylic oxidation sites excluding steroid dienone is 4. The van der Waals surface area contributed by atoms with E-state index >= 15 is 4.39 Å². The van der Waals surface area contributed by atoms with E-state index < -0.39 is 79.0 Å². The largest absolute Gasteiger partial charge is 0.435 e. The Morgan fingerprint density at radius 2 is 1.49 bits per heavy atom. The van der Waals surface area contributed by atoms with Crippen LogP contribution in [0.2, 0.25) is 0 Å². The highest BCUT2D eigenvalue weighted by atomic mass is 32.2. The first-order chi connectivity index (χ1) is 20.5. The maximum absolute atomic E-state index is 15.2. The number of ether oxygens (including phenoxy) is 2. The van der Waals surface area contributed by atoms with Crippen molar-refractivity contribution in [2.24, 2.45) is 10.8 Å². The molecule has 1 saturated carbocycles. The number of likely N-dealkylation sites (tertiary alicyclic amines) is 1. The van der Waals surface area contributed by atoms with Gasteiger partial charge in [0.25, 0.3) is 0 Å². The number of amides is 1. The summed E-state index contributed by atoms with van der Waals surface area (Å²) < 4.78 is 150. The van der Waals surface area contributed by atoms with Crippen molar-refractivity contribution in [2.45, 2.75) is 92.9 Å². The van der Waals surface area contributed by atoms with Crippen LogP contribution in [0.3, 0.4) is 0 Å². The highest BCUT2D eigenvalue weighted by Crippen LogP contribution is 2.64. The monoisotopic (exact) mass is 671 g/mol. The number of carbonyl (C=O) groups is 1. The summed E-state index contributed by atoms with van der Waals surface area (Å²) in [7, 11) is -4.58. The lowest BCUT2D eigenvalue weighted by Gasteiger charge is -2.56. The fourth-order valence-corrected chi connectivity index (χ4v) is 10.1. The van der Waals surface area contributed by atoms with E-state index in [1.807, 2.05) is 0 Å². The molecule has 6 nitrogen and oxygen atoms in total. The number of sulfone groups is 1. The van der Waals surface area contributed by atoms with Crippen LogP contribution < -0.4 is 0 Å². The van der Waals surface area contributed by atoms with Crippen LogP contribution in [-0.2, 0) is 24.1 Å². The first-order valence-corrected chi connectivity index (χ1v) is 15.8. The molecular formula is C30H33F8NO5S. The van der Waals surface area contributed by atoms with Crippen LogP contribution in [0.1, 0.15) is 53.4 Å². The summed E-state index contributed by atoms with van der Waals surface area (Å²) in [6.07, 6.45) is -13.0. The van der Waals surface area contributed by atoms with Gasteiger partial charge in [-0.3, -0.25) is 4.79 Å². The van der Waals surface area contributed by atoms with Gasteiger partial charge < -0.3 is 14.4 Å². The van der Waals surface area contributed by atoms with Crippen LogP contribution in [0.4, 0.5) is 35.1 Å². The Kier molecular flexibility index (Phi) is 7.70. The second-order valence-corrected chi connectivity index (χ2v) is 15.4. The summed E-state index contributed by atoms with van der Waals surface area (Å²) in [5.74, 6) is -2.19. The molecule has 3 atom stereocenters. The van der Waals surface area contributed by atoms with Crippen molar-refractivity contribution >= 4 is 15.7 Å². The van der Waals surface area contributed by atoms with Crippen molar-refractivity contribution in [1.82, 2.24) is 4.90 Å². The second-order valence-electron chi connectivity index (χ2n) is 13.2. The molecule has 2 aliphatic heterocycles. The molecule has 4 aliphatic rings. The molecule has 250 valence electrons. The quantitative estimate of drug-likeness (QED) is 0.266. The zero-order valence-corrected chi connectivity index (χ0v) is 25.7. The zero-order chi connectivity index (χ0) is 33.6. The van der Waals surface area contributed by atoms with Crippen LogP contribution in [0.15, 0.2) is 52.5 Å². The van der Waals surface area contributed by atoms with Crippen LogP contribution in [-0.4, -0.2) is 73.6 Å². The fraction of sp³-hybridized carbons (Fsp3) is 0.633. The first kappa shape index (κ1) is 33.8. The molecule has 0 radical (unpaired) electrons. The maximum atomic E-state index is 15.2. The van der Waals surface area contributed by atoms with Gasteiger partial charge in [-0.1, -0.05) is 24.6 Å². The molecule has 1 unspecified atom stereocenters. The van der Waals surface area contributed by atoms with E-state index in [4.69, 9.17) is 9.47 Å². The SMILES string of the molecule is CC1(C)OCC(C)(C(=O)N2CC[C@]3(S(=O)(=O)c4ccc(F)cc4)[C@H]2CCC2=CC(C(F)(C(F)(F)F)C(F)(F)F)=CCC23C)CO1. The van der Waals surface area contributed by atoms with E-state index in [1.54, 1.807) is 20.8 Å². The molecule has 2 aliphatic carbocycles. The van der Waals surface area contributed by atoms with Gasteiger partial charge >= 0.3 is 18.0 Å². The molecule has 45 heavy (non-hydrogen) atoms. The number of alkyl halides is 7. The summed E-state index contributed by atoms with van der Waals surface area (Å²) in [5, 5.41) is 0. The van der Waals surface area contributed by atoms with Gasteiger partial charge in [-0.25, -0.2) is 17.2 Å². The van der Waals surface area contributed by atoms with Gasteiger partial charge in [0.05, 0.1) is 29.6 Å². The second kappa shape index (κ2) is 10.2. The van der Waals surface area contributed by atoms with Crippen molar-refractivity contribution in [1.29, 1.82) is 0 Å². The maximum Gasteiger partial charge on any atom is 0.435 e. The lowest BCUT2D eigenvalue weighted by atomic mass is 9.57. The number of fused-ring (bicyclic) bond motifs is 3. The van der Waals surface area contributed by atoms with E-state index in [1.165, 1.54) is 11.8 Å². The van der Waals surface area contributed by atoms with Gasteiger partial charge in [0, 0.05) is 17.5 Å². The highest BCUT2D eigenvalue weighted by molar-refractivity contribution is 7.93. The van der Waals surface area contributed by atoms with E-state index in [-0.39, 0.29) is 49.5 Å². The first-order valence-electron chi connectivity index (χ1n) is 14.3. The Morgan fingerprint density at radius 1 is 0.933 bits per heavy atom. The highest BCUT2D eigenvalue weighted by Gasteiger charge is 2.76. The van der Waals surface area contributed by atoms with Crippen molar-refractivity contribution in [2.75, 3.05) is 19.8 Å². The smallest absolute Gasteiger partial charge is 0.349 e. The summed E-state index contributed by atoms with van der Waals surface area (Å²) in [5.41, 5.74) is -10.4. The molecule has 15 heteroatoms. The Balaban J connectivity index is 1.64. The number of benzene rings is 1. The molecule has 0 N–H and O–H groups in total. The van der Waals surface area contributed by atoms with Crippen LogP contribution in [0.5, 0.6) is 0 Å². The molecule has 2 saturated heterocycles. The zero-order valence-electron chi connectivity index (χ0n) is 24.9. The van der Waals surface area contributed by atoms with Gasteiger partial charge in [0.2, 0.25) is 5.91 Å².